The van der Waals surface area contributed by atoms with Gasteiger partial charge in [0.2, 0.25) is 0 Å². The van der Waals surface area contributed by atoms with Gasteiger partial charge in [-0.2, -0.15) is 0 Å². The number of carbonyl (C=O) groups is 2. The number of anilines is 1. The van der Waals surface area contributed by atoms with Gasteiger partial charge in [0.15, 0.2) is 11.3 Å². The van der Waals surface area contributed by atoms with Crippen molar-refractivity contribution >= 4 is 29.2 Å². The molecule has 1 heterocycles. The number of hydrogen-bond donors (Lipinski definition) is 1. The van der Waals surface area contributed by atoms with Gasteiger partial charge < -0.3 is 10.1 Å². The maximum Gasteiger partial charge on any atom is 0.307 e. The van der Waals surface area contributed by atoms with Crippen molar-refractivity contribution in [3.05, 3.63) is 35.6 Å². The Labute approximate surface area is 128 Å². The van der Waals surface area contributed by atoms with E-state index in [0.717, 1.165) is 12.8 Å². The van der Waals surface area contributed by atoms with Crippen molar-refractivity contribution in [1.29, 1.82) is 0 Å². The summed E-state index contributed by atoms with van der Waals surface area (Å²) < 4.78 is 5.14. The molecule has 0 saturated carbocycles. The number of nitrogens with one attached hydrogen (secondary N) is 1. The average Bonchev–Trinajstić information content (AvgIpc) is 2.93. The second-order valence-electron chi connectivity index (χ2n) is 4.93. The molecular weight excluding hydrogens is 292 g/mol. The Morgan fingerprint density at radius 2 is 2.38 bits per heavy atom. The fraction of sp³-hybridized carbons (Fsp3) is 0.400. The zero-order chi connectivity index (χ0) is 15.2. The lowest BCUT2D eigenvalue weighted by Crippen LogP contribution is -2.30. The molecule has 0 unspecified atom stereocenters. The van der Waals surface area contributed by atoms with Gasteiger partial charge in [0.1, 0.15) is 0 Å². The first-order chi connectivity index (χ1) is 10.1. The van der Waals surface area contributed by atoms with Crippen molar-refractivity contribution < 1.29 is 14.3 Å². The molecule has 21 heavy (non-hydrogen) atoms. The third-order valence-corrected chi connectivity index (χ3v) is 3.54. The van der Waals surface area contributed by atoms with E-state index >= 15 is 0 Å². The average molecular weight is 309 g/mol. The molecule has 1 aromatic rings. The van der Waals surface area contributed by atoms with E-state index in [9.17, 15) is 9.59 Å². The van der Waals surface area contributed by atoms with Crippen LogP contribution in [0, 0.1) is 5.92 Å². The van der Waals surface area contributed by atoms with Crippen LogP contribution in [0.1, 0.15) is 26.2 Å². The van der Waals surface area contributed by atoms with Gasteiger partial charge in [-0.1, -0.05) is 23.8 Å². The van der Waals surface area contributed by atoms with Crippen LogP contribution in [0.15, 0.2) is 30.5 Å². The van der Waals surface area contributed by atoms with Gasteiger partial charge in [-0.05, 0) is 37.8 Å². The molecule has 5 nitrogen and oxygen atoms in total. The fourth-order valence-corrected chi connectivity index (χ4v) is 2.26. The molecule has 0 bridgehead atoms. The first-order valence-electron chi connectivity index (χ1n) is 6.84. The van der Waals surface area contributed by atoms with Crippen molar-refractivity contribution in [3.63, 3.8) is 0 Å². The van der Waals surface area contributed by atoms with Crippen LogP contribution in [0.3, 0.4) is 0 Å². The van der Waals surface area contributed by atoms with Gasteiger partial charge in [-0.3, -0.25) is 9.59 Å². The number of pyridine rings is 1. The number of amides is 1. The van der Waals surface area contributed by atoms with E-state index in [1.54, 1.807) is 12.1 Å². The van der Waals surface area contributed by atoms with Gasteiger partial charge in [-0.25, -0.2) is 4.98 Å². The summed E-state index contributed by atoms with van der Waals surface area (Å²) in [6.07, 6.45) is 6.98. The number of esters is 1. The second kappa shape index (κ2) is 7.22. The van der Waals surface area contributed by atoms with E-state index in [1.807, 2.05) is 6.08 Å². The standard InChI is InChI=1S/C15H17ClN2O3/c1-10(21-13(19)9-11-5-2-3-6-11)15(20)18-12-7-4-8-17-14(12)16/h2,4-5,7-8,10-11H,3,6,9H2,1H3,(H,18,20)/t10-,11+/m1/s1. The van der Waals surface area contributed by atoms with Crippen molar-refractivity contribution in [1.82, 2.24) is 4.98 Å². The molecular formula is C15H17ClN2O3. The summed E-state index contributed by atoms with van der Waals surface area (Å²) in [5.41, 5.74) is 0.394. The fourth-order valence-electron chi connectivity index (χ4n) is 2.09. The van der Waals surface area contributed by atoms with Crippen LogP contribution >= 0.6 is 11.6 Å². The molecule has 0 aromatic carbocycles. The molecule has 0 saturated heterocycles. The Morgan fingerprint density at radius 1 is 1.57 bits per heavy atom. The minimum absolute atomic E-state index is 0.195. The predicted octanol–water partition coefficient (Wildman–Crippen LogP) is 2.96. The normalized spacial score (nSPS) is 18.3. The van der Waals surface area contributed by atoms with Gasteiger partial charge in [0, 0.05) is 6.20 Å². The molecule has 2 rings (SSSR count). The molecule has 1 amide bonds. The Kier molecular flexibility index (Phi) is 5.33. The Balaban J connectivity index is 1.83. The molecule has 112 valence electrons. The summed E-state index contributed by atoms with van der Waals surface area (Å²) in [6.45, 7) is 1.53. The zero-order valence-corrected chi connectivity index (χ0v) is 12.5. The van der Waals surface area contributed by atoms with E-state index in [0.29, 0.717) is 12.1 Å². The summed E-state index contributed by atoms with van der Waals surface area (Å²) in [7, 11) is 0. The van der Waals surface area contributed by atoms with E-state index in [-0.39, 0.29) is 17.0 Å². The van der Waals surface area contributed by atoms with Crippen molar-refractivity contribution in [2.24, 2.45) is 5.92 Å². The maximum absolute atomic E-state index is 11.9. The second-order valence-corrected chi connectivity index (χ2v) is 5.29. The highest BCUT2D eigenvalue weighted by Gasteiger charge is 2.21. The van der Waals surface area contributed by atoms with Gasteiger partial charge >= 0.3 is 5.97 Å². The Morgan fingerprint density at radius 3 is 3.05 bits per heavy atom. The van der Waals surface area contributed by atoms with Crippen LogP contribution in [0.5, 0.6) is 0 Å². The van der Waals surface area contributed by atoms with Crippen LogP contribution < -0.4 is 5.32 Å². The molecule has 2 atom stereocenters. The summed E-state index contributed by atoms with van der Waals surface area (Å²) in [5.74, 6) is -0.577. The Hall–Kier alpha value is -1.88. The minimum Gasteiger partial charge on any atom is -0.453 e. The summed E-state index contributed by atoms with van der Waals surface area (Å²) >= 11 is 5.85. The van der Waals surface area contributed by atoms with Crippen molar-refractivity contribution in [2.45, 2.75) is 32.3 Å². The molecule has 0 aliphatic heterocycles. The molecule has 1 aromatic heterocycles. The largest absolute Gasteiger partial charge is 0.453 e. The highest BCUT2D eigenvalue weighted by molar-refractivity contribution is 6.32. The number of ether oxygens (including phenoxy) is 1. The Bertz CT molecular complexity index is 560. The first-order valence-corrected chi connectivity index (χ1v) is 7.21. The van der Waals surface area contributed by atoms with Crippen molar-refractivity contribution in [2.75, 3.05) is 5.32 Å². The van der Waals surface area contributed by atoms with Crippen molar-refractivity contribution in [3.8, 4) is 0 Å². The number of allylic oxidation sites excluding steroid dienone is 2. The van der Waals surface area contributed by atoms with E-state index in [2.05, 4.69) is 16.4 Å². The van der Waals surface area contributed by atoms with Crippen LogP contribution in [0.25, 0.3) is 0 Å². The maximum atomic E-state index is 11.9. The summed E-state index contributed by atoms with van der Waals surface area (Å²) in [5, 5.41) is 2.78. The minimum atomic E-state index is -0.876. The summed E-state index contributed by atoms with van der Waals surface area (Å²) in [6, 6.07) is 3.29. The van der Waals surface area contributed by atoms with Crippen LogP contribution in [0.4, 0.5) is 5.69 Å². The number of hydrogen-bond acceptors (Lipinski definition) is 4. The quantitative estimate of drug-likeness (QED) is 0.516. The smallest absolute Gasteiger partial charge is 0.307 e. The topological polar surface area (TPSA) is 68.3 Å². The monoisotopic (exact) mass is 308 g/mol. The summed E-state index contributed by atoms with van der Waals surface area (Å²) in [4.78, 5) is 27.6. The number of halogens is 1. The van der Waals surface area contributed by atoms with Crippen LogP contribution in [-0.2, 0) is 14.3 Å². The molecule has 0 radical (unpaired) electrons. The van der Waals surface area contributed by atoms with Crippen LogP contribution in [0.2, 0.25) is 5.15 Å². The zero-order valence-electron chi connectivity index (χ0n) is 11.7. The van der Waals surface area contributed by atoms with Crippen LogP contribution in [-0.4, -0.2) is 23.0 Å². The third kappa shape index (κ3) is 4.56. The lowest BCUT2D eigenvalue weighted by Gasteiger charge is -2.15. The number of nitrogens with zero attached hydrogens (tertiary/aromatic N) is 1. The van der Waals surface area contributed by atoms with Gasteiger partial charge in [0.05, 0.1) is 12.1 Å². The number of aromatic nitrogens is 1. The highest BCUT2D eigenvalue weighted by atomic mass is 35.5. The lowest BCUT2D eigenvalue weighted by molar-refractivity contribution is -0.153. The van der Waals surface area contributed by atoms with Gasteiger partial charge in [0.25, 0.3) is 5.91 Å². The van der Waals surface area contributed by atoms with E-state index < -0.39 is 12.0 Å². The molecule has 0 fully saturated rings. The van der Waals surface area contributed by atoms with E-state index in [4.69, 9.17) is 16.3 Å². The highest BCUT2D eigenvalue weighted by Crippen LogP contribution is 2.21. The lowest BCUT2D eigenvalue weighted by atomic mass is 10.1. The number of carbonyl (C=O) groups excluding carboxylic acids is 2. The van der Waals surface area contributed by atoms with Gasteiger partial charge in [-0.15, -0.1) is 0 Å². The number of rotatable bonds is 5. The van der Waals surface area contributed by atoms with E-state index in [1.165, 1.54) is 13.1 Å². The first kappa shape index (κ1) is 15.5. The molecule has 0 spiro atoms. The SMILES string of the molecule is C[C@@H](OC(=O)C[C@H]1C=CCC1)C(=O)Nc1cccnc1Cl. The molecule has 6 heteroatoms. The molecule has 1 aliphatic rings. The predicted molar refractivity (Wildman–Crippen MR) is 79.9 cm³/mol. The third-order valence-electron chi connectivity index (χ3n) is 3.24. The molecule has 1 aliphatic carbocycles. The molecule has 1 N–H and O–H groups in total.